The van der Waals surface area contributed by atoms with Crippen molar-refractivity contribution in [2.75, 3.05) is 26.7 Å². The van der Waals surface area contributed by atoms with Crippen LogP contribution in [-0.4, -0.2) is 60.4 Å². The van der Waals surface area contributed by atoms with Gasteiger partial charge in [0.2, 0.25) is 11.8 Å². The highest BCUT2D eigenvalue weighted by molar-refractivity contribution is 7.17. The van der Waals surface area contributed by atoms with Crippen LogP contribution in [0.25, 0.3) is 10.6 Å². The Labute approximate surface area is 179 Å². The molecule has 0 saturated carbocycles. The molecule has 2 heterocycles. The molecule has 0 spiro atoms. The lowest BCUT2D eigenvalue weighted by Gasteiger charge is -2.23. The summed E-state index contributed by atoms with van der Waals surface area (Å²) in [5, 5.41) is 5.99. The first-order valence-corrected chi connectivity index (χ1v) is 10.8. The molecule has 1 unspecified atom stereocenters. The van der Waals surface area contributed by atoms with Crippen molar-refractivity contribution in [1.29, 1.82) is 0 Å². The summed E-state index contributed by atoms with van der Waals surface area (Å²) in [7, 11) is 1.56. The smallest absolute Gasteiger partial charge is 0.263 e. The van der Waals surface area contributed by atoms with E-state index in [2.05, 4.69) is 15.6 Å². The van der Waals surface area contributed by atoms with Gasteiger partial charge in [0.25, 0.3) is 5.91 Å². The Morgan fingerprint density at radius 3 is 2.67 bits per heavy atom. The zero-order valence-corrected chi connectivity index (χ0v) is 18.2. The molecule has 1 aromatic heterocycles. The lowest BCUT2D eigenvalue weighted by molar-refractivity contribution is -0.137. The number of carbonyl (C=O) groups excluding carboxylic acids is 3. The van der Waals surface area contributed by atoms with Gasteiger partial charge in [-0.3, -0.25) is 14.4 Å². The second-order valence-electron chi connectivity index (χ2n) is 6.93. The number of likely N-dealkylation sites (tertiary alicyclic amines) is 1. The van der Waals surface area contributed by atoms with Gasteiger partial charge < -0.3 is 20.3 Å². The number of thiazole rings is 1. The summed E-state index contributed by atoms with van der Waals surface area (Å²) in [5.74, 6) is 0.00281. The summed E-state index contributed by atoms with van der Waals surface area (Å²) in [4.78, 5) is 43.6. The number of aromatic nitrogens is 1. The number of nitrogens with zero attached hydrogens (tertiary/aromatic N) is 2. The molecule has 30 heavy (non-hydrogen) atoms. The maximum atomic E-state index is 12.6. The maximum Gasteiger partial charge on any atom is 0.263 e. The Morgan fingerprint density at radius 1 is 1.27 bits per heavy atom. The fraction of sp³-hybridized carbons (Fsp3) is 0.429. The van der Waals surface area contributed by atoms with Crippen molar-refractivity contribution >= 4 is 29.1 Å². The largest absolute Gasteiger partial charge is 0.494 e. The molecule has 0 aliphatic carbocycles. The molecule has 1 aliphatic heterocycles. The first-order valence-electron chi connectivity index (χ1n) is 9.94. The van der Waals surface area contributed by atoms with Gasteiger partial charge in [-0.15, -0.1) is 11.3 Å². The lowest BCUT2D eigenvalue weighted by Crippen LogP contribution is -2.48. The van der Waals surface area contributed by atoms with E-state index in [1.54, 1.807) is 14.0 Å². The quantitative estimate of drug-likeness (QED) is 0.700. The molecule has 1 atom stereocenters. The van der Waals surface area contributed by atoms with Gasteiger partial charge in [-0.1, -0.05) is 0 Å². The number of carbonyl (C=O) groups is 3. The molecule has 1 fully saturated rings. The number of amides is 3. The van der Waals surface area contributed by atoms with Gasteiger partial charge in [0.15, 0.2) is 0 Å². The van der Waals surface area contributed by atoms with Gasteiger partial charge >= 0.3 is 0 Å². The van der Waals surface area contributed by atoms with Crippen molar-refractivity contribution < 1.29 is 19.1 Å². The van der Waals surface area contributed by atoms with Gasteiger partial charge in [-0.25, -0.2) is 4.98 Å². The standard InChI is InChI=1S/C21H26N4O4S/c1-4-29-15-9-7-14(8-10-15)21-24-13(2)18(30-21)20(28)23-12-17(26)25-11-5-6-16(25)19(27)22-3/h7-10,16H,4-6,11-12H2,1-3H3,(H,22,27)(H,23,28). The zero-order chi connectivity index (χ0) is 21.7. The monoisotopic (exact) mass is 430 g/mol. The molecular formula is C21H26N4O4S. The van der Waals surface area contributed by atoms with Crippen LogP contribution < -0.4 is 15.4 Å². The summed E-state index contributed by atoms with van der Waals surface area (Å²) in [5.41, 5.74) is 1.51. The first-order chi connectivity index (χ1) is 14.4. The summed E-state index contributed by atoms with van der Waals surface area (Å²) in [6, 6.07) is 7.08. The summed E-state index contributed by atoms with van der Waals surface area (Å²) < 4.78 is 5.45. The fourth-order valence-electron chi connectivity index (χ4n) is 3.43. The number of hydrogen-bond donors (Lipinski definition) is 2. The Kier molecular flexibility index (Phi) is 7.04. The van der Waals surface area contributed by atoms with Crippen molar-refractivity contribution in [2.45, 2.75) is 32.7 Å². The average molecular weight is 431 g/mol. The minimum absolute atomic E-state index is 0.151. The third kappa shape index (κ3) is 4.79. The van der Waals surface area contributed by atoms with Crippen LogP contribution in [0, 0.1) is 6.92 Å². The van der Waals surface area contributed by atoms with E-state index in [0.717, 1.165) is 22.7 Å². The molecule has 0 bridgehead atoms. The number of ether oxygens (including phenoxy) is 1. The van der Waals surface area contributed by atoms with Gasteiger partial charge in [-0.2, -0.15) is 0 Å². The molecule has 2 aromatic rings. The van der Waals surface area contributed by atoms with Crippen molar-refractivity contribution in [3.63, 3.8) is 0 Å². The topological polar surface area (TPSA) is 101 Å². The molecule has 1 saturated heterocycles. The third-order valence-corrected chi connectivity index (χ3v) is 6.14. The Balaban J connectivity index is 1.63. The second-order valence-corrected chi connectivity index (χ2v) is 7.93. The summed E-state index contributed by atoms with van der Waals surface area (Å²) in [6.07, 6.45) is 1.41. The predicted molar refractivity (Wildman–Crippen MR) is 115 cm³/mol. The SMILES string of the molecule is CCOc1ccc(-c2nc(C)c(C(=O)NCC(=O)N3CCCC3C(=O)NC)s2)cc1. The van der Waals surface area contributed by atoms with E-state index in [4.69, 9.17) is 4.74 Å². The fourth-order valence-corrected chi connectivity index (χ4v) is 4.42. The predicted octanol–water partition coefficient (Wildman–Crippen LogP) is 1.98. The van der Waals surface area contributed by atoms with Gasteiger partial charge in [-0.05, 0) is 51.0 Å². The second kappa shape index (κ2) is 9.71. The molecule has 0 radical (unpaired) electrons. The number of benzene rings is 1. The molecule has 9 heteroatoms. The van der Waals surface area contributed by atoms with Crippen LogP contribution >= 0.6 is 11.3 Å². The number of aryl methyl sites for hydroxylation is 1. The Morgan fingerprint density at radius 2 is 2.00 bits per heavy atom. The maximum absolute atomic E-state index is 12.6. The van der Waals surface area contributed by atoms with Crippen molar-refractivity contribution in [2.24, 2.45) is 0 Å². The minimum atomic E-state index is -0.462. The van der Waals surface area contributed by atoms with Crippen LogP contribution in [-0.2, 0) is 9.59 Å². The Hall–Kier alpha value is -2.94. The van der Waals surface area contributed by atoms with E-state index in [-0.39, 0.29) is 24.3 Å². The number of nitrogens with one attached hydrogen (secondary N) is 2. The molecule has 2 N–H and O–H groups in total. The third-order valence-electron chi connectivity index (χ3n) is 4.94. The van der Waals surface area contributed by atoms with Crippen molar-refractivity contribution in [1.82, 2.24) is 20.5 Å². The number of likely N-dealkylation sites (N-methyl/N-ethyl adjacent to an activating group) is 1. The molecular weight excluding hydrogens is 404 g/mol. The summed E-state index contributed by atoms with van der Waals surface area (Å²) >= 11 is 1.28. The lowest BCUT2D eigenvalue weighted by atomic mass is 10.2. The number of rotatable bonds is 7. The number of hydrogen-bond acceptors (Lipinski definition) is 6. The van der Waals surface area contributed by atoms with Crippen molar-refractivity contribution in [3.8, 4) is 16.3 Å². The van der Waals surface area contributed by atoms with Crippen molar-refractivity contribution in [3.05, 3.63) is 34.8 Å². The molecule has 3 rings (SSSR count). The van der Waals surface area contributed by atoms with E-state index in [0.29, 0.717) is 30.1 Å². The van der Waals surface area contributed by atoms with Crippen LogP contribution in [0.4, 0.5) is 0 Å². The normalized spacial score (nSPS) is 15.7. The highest BCUT2D eigenvalue weighted by Gasteiger charge is 2.33. The molecule has 1 aromatic carbocycles. The first kappa shape index (κ1) is 21.8. The van der Waals surface area contributed by atoms with Crippen LogP contribution in [0.1, 0.15) is 35.1 Å². The van der Waals surface area contributed by atoms with Gasteiger partial charge in [0.1, 0.15) is 21.7 Å². The average Bonchev–Trinajstić information content (AvgIpc) is 3.39. The van der Waals surface area contributed by atoms with Crippen LogP contribution in [0.5, 0.6) is 5.75 Å². The molecule has 8 nitrogen and oxygen atoms in total. The Bertz CT molecular complexity index is 926. The van der Waals surface area contributed by atoms with E-state index in [9.17, 15) is 14.4 Å². The summed E-state index contributed by atoms with van der Waals surface area (Å²) in [6.45, 7) is 4.67. The highest BCUT2D eigenvalue weighted by Crippen LogP contribution is 2.29. The van der Waals surface area contributed by atoms with E-state index >= 15 is 0 Å². The van der Waals surface area contributed by atoms with Crippen LogP contribution in [0.3, 0.4) is 0 Å². The van der Waals surface area contributed by atoms with Gasteiger partial charge in [0.05, 0.1) is 18.8 Å². The van der Waals surface area contributed by atoms with E-state index in [1.807, 2.05) is 31.2 Å². The minimum Gasteiger partial charge on any atom is -0.494 e. The van der Waals surface area contributed by atoms with Crippen LogP contribution in [0.2, 0.25) is 0 Å². The molecule has 3 amide bonds. The van der Waals surface area contributed by atoms with Crippen LogP contribution in [0.15, 0.2) is 24.3 Å². The van der Waals surface area contributed by atoms with E-state index < -0.39 is 6.04 Å². The molecule has 1 aliphatic rings. The zero-order valence-electron chi connectivity index (χ0n) is 17.4. The highest BCUT2D eigenvalue weighted by atomic mass is 32.1. The van der Waals surface area contributed by atoms with Gasteiger partial charge in [0, 0.05) is 19.2 Å². The van der Waals surface area contributed by atoms with E-state index in [1.165, 1.54) is 16.2 Å². The molecule has 160 valence electrons.